The number of rotatable bonds is 3. The zero-order valence-electron chi connectivity index (χ0n) is 7.43. The van der Waals surface area contributed by atoms with Crippen LogP contribution in [0.1, 0.15) is 19.8 Å². The molecule has 70 valence electrons. The van der Waals surface area contributed by atoms with E-state index >= 15 is 0 Å². The fraction of sp³-hybridized carbons (Fsp3) is 0.875. The van der Waals surface area contributed by atoms with Crippen LogP contribution in [0.25, 0.3) is 0 Å². The Kier molecular flexibility index (Phi) is 3.40. The van der Waals surface area contributed by atoms with Crippen molar-refractivity contribution < 1.29 is 4.21 Å². The van der Waals surface area contributed by atoms with Gasteiger partial charge in [-0.25, -0.2) is 0 Å². The predicted octanol–water partition coefficient (Wildman–Crippen LogP) is 0.732. The van der Waals surface area contributed by atoms with Gasteiger partial charge in [-0.1, -0.05) is 6.92 Å². The number of piperidine rings is 1. The van der Waals surface area contributed by atoms with Gasteiger partial charge in [-0.3, -0.25) is 9.62 Å². The molecule has 1 aliphatic heterocycles. The number of hydrogen-bond acceptors (Lipinski definition) is 3. The molecule has 1 saturated heterocycles. The van der Waals surface area contributed by atoms with Gasteiger partial charge < -0.3 is 5.32 Å². The lowest BCUT2D eigenvalue weighted by Gasteiger charge is -2.32. The lowest BCUT2D eigenvalue weighted by Crippen LogP contribution is -2.38. The quantitative estimate of drug-likeness (QED) is 0.507. The fourth-order valence-electron chi connectivity index (χ4n) is 1.56. The molecule has 0 aromatic rings. The molecule has 1 rings (SSSR count). The molecule has 0 bridgehead atoms. The first-order chi connectivity index (χ1) is 5.66. The van der Waals surface area contributed by atoms with Crippen molar-refractivity contribution in [3.63, 3.8) is 0 Å². The fourth-order valence-corrected chi connectivity index (χ4v) is 2.62. The SMILES string of the molecule is CC1(CS(=O)C=N)CCNCC1. The van der Waals surface area contributed by atoms with E-state index in [-0.39, 0.29) is 5.41 Å². The molecule has 1 heterocycles. The Labute approximate surface area is 75.9 Å². The molecule has 0 aromatic heterocycles. The van der Waals surface area contributed by atoms with Gasteiger partial charge in [0, 0.05) is 5.75 Å². The van der Waals surface area contributed by atoms with Gasteiger partial charge in [0.2, 0.25) is 0 Å². The summed E-state index contributed by atoms with van der Waals surface area (Å²) < 4.78 is 11.1. The largest absolute Gasteiger partial charge is 0.317 e. The standard InChI is InChI=1S/C8H16N2OS/c1-8(6-12(11)7-9)2-4-10-5-3-8/h7,9-10H,2-6H2,1H3. The van der Waals surface area contributed by atoms with E-state index in [9.17, 15) is 4.21 Å². The summed E-state index contributed by atoms with van der Waals surface area (Å²) >= 11 is 0. The second-order valence-electron chi connectivity index (χ2n) is 3.70. The van der Waals surface area contributed by atoms with E-state index in [1.54, 1.807) is 0 Å². The molecule has 1 aliphatic rings. The zero-order valence-corrected chi connectivity index (χ0v) is 8.25. The van der Waals surface area contributed by atoms with E-state index in [0.717, 1.165) is 31.5 Å². The highest BCUT2D eigenvalue weighted by atomic mass is 32.2. The van der Waals surface area contributed by atoms with E-state index in [1.165, 1.54) is 0 Å². The van der Waals surface area contributed by atoms with Gasteiger partial charge in [-0.15, -0.1) is 0 Å². The second-order valence-corrected chi connectivity index (χ2v) is 4.99. The lowest BCUT2D eigenvalue weighted by atomic mass is 9.83. The summed E-state index contributed by atoms with van der Waals surface area (Å²) in [7, 11) is -1.05. The van der Waals surface area contributed by atoms with Crippen molar-refractivity contribution in [1.29, 1.82) is 5.41 Å². The monoisotopic (exact) mass is 188 g/mol. The third-order valence-electron chi connectivity index (χ3n) is 2.43. The van der Waals surface area contributed by atoms with Gasteiger partial charge >= 0.3 is 0 Å². The molecule has 0 saturated carbocycles. The van der Waals surface area contributed by atoms with Gasteiger partial charge in [0.15, 0.2) is 0 Å². The van der Waals surface area contributed by atoms with E-state index in [2.05, 4.69) is 12.2 Å². The summed E-state index contributed by atoms with van der Waals surface area (Å²) in [6, 6.07) is 0. The molecule has 3 nitrogen and oxygen atoms in total. The van der Waals surface area contributed by atoms with Crippen molar-refractivity contribution in [2.24, 2.45) is 5.41 Å². The molecule has 1 unspecified atom stereocenters. The second kappa shape index (κ2) is 4.14. The van der Waals surface area contributed by atoms with E-state index in [4.69, 9.17) is 5.41 Å². The van der Waals surface area contributed by atoms with Crippen LogP contribution in [0.5, 0.6) is 0 Å². The molecule has 0 amide bonds. The van der Waals surface area contributed by atoms with Crippen LogP contribution in [0.15, 0.2) is 0 Å². The molecule has 0 spiro atoms. The maximum absolute atomic E-state index is 11.1. The van der Waals surface area contributed by atoms with Crippen molar-refractivity contribution in [3.05, 3.63) is 0 Å². The molecular weight excluding hydrogens is 172 g/mol. The summed E-state index contributed by atoms with van der Waals surface area (Å²) in [5.74, 6) is 0.651. The predicted molar refractivity (Wildman–Crippen MR) is 52.0 cm³/mol. The van der Waals surface area contributed by atoms with Gasteiger partial charge in [0.25, 0.3) is 0 Å². The normalized spacial score (nSPS) is 24.8. The van der Waals surface area contributed by atoms with Gasteiger partial charge in [0.05, 0.1) is 16.3 Å². The highest BCUT2D eigenvalue weighted by molar-refractivity contribution is 7.98. The van der Waals surface area contributed by atoms with Crippen LogP contribution in [0, 0.1) is 10.8 Å². The Balaban J connectivity index is 2.46. The lowest BCUT2D eigenvalue weighted by molar-refractivity contribution is 0.264. The Morgan fingerprint density at radius 2 is 2.17 bits per heavy atom. The van der Waals surface area contributed by atoms with Gasteiger partial charge in [-0.05, 0) is 31.3 Å². The van der Waals surface area contributed by atoms with Crippen LogP contribution in [0.2, 0.25) is 0 Å². The van der Waals surface area contributed by atoms with Gasteiger partial charge in [0.1, 0.15) is 0 Å². The van der Waals surface area contributed by atoms with Crippen molar-refractivity contribution in [2.75, 3.05) is 18.8 Å². The molecule has 4 heteroatoms. The van der Waals surface area contributed by atoms with Crippen LogP contribution in [0.4, 0.5) is 0 Å². The minimum Gasteiger partial charge on any atom is -0.317 e. The Hall–Kier alpha value is -0.220. The van der Waals surface area contributed by atoms with Crippen molar-refractivity contribution >= 4 is 16.3 Å². The van der Waals surface area contributed by atoms with E-state index in [0.29, 0.717) is 5.75 Å². The van der Waals surface area contributed by atoms with Crippen LogP contribution in [-0.4, -0.2) is 28.6 Å². The summed E-state index contributed by atoms with van der Waals surface area (Å²) in [6.45, 7) is 4.20. The zero-order chi connectivity index (χ0) is 9.03. The molecule has 1 atom stereocenters. The molecule has 0 aliphatic carbocycles. The maximum Gasteiger partial charge on any atom is 0.0819 e. The third kappa shape index (κ3) is 2.68. The number of hydrogen-bond donors (Lipinski definition) is 2. The molecule has 12 heavy (non-hydrogen) atoms. The Bertz CT molecular complexity index is 187. The average Bonchev–Trinajstić information content (AvgIpc) is 2.05. The number of nitrogens with one attached hydrogen (secondary N) is 2. The maximum atomic E-state index is 11.1. The van der Waals surface area contributed by atoms with Crippen LogP contribution >= 0.6 is 0 Å². The van der Waals surface area contributed by atoms with Crippen LogP contribution < -0.4 is 5.32 Å². The summed E-state index contributed by atoms with van der Waals surface area (Å²) in [5.41, 5.74) is 1.24. The summed E-state index contributed by atoms with van der Waals surface area (Å²) in [5, 5.41) is 10.1. The van der Waals surface area contributed by atoms with Crippen molar-refractivity contribution in [1.82, 2.24) is 5.32 Å². The molecular formula is C8H16N2OS. The minimum absolute atomic E-state index is 0.188. The molecule has 0 radical (unpaired) electrons. The van der Waals surface area contributed by atoms with Crippen LogP contribution in [-0.2, 0) is 10.8 Å². The first kappa shape index (κ1) is 9.86. The van der Waals surface area contributed by atoms with Crippen LogP contribution in [0.3, 0.4) is 0 Å². The first-order valence-corrected chi connectivity index (χ1v) is 5.63. The highest BCUT2D eigenvalue weighted by Crippen LogP contribution is 2.28. The summed E-state index contributed by atoms with van der Waals surface area (Å²) in [6.07, 6.45) is 2.15. The van der Waals surface area contributed by atoms with E-state index < -0.39 is 10.8 Å². The average molecular weight is 188 g/mol. The van der Waals surface area contributed by atoms with Crippen molar-refractivity contribution in [2.45, 2.75) is 19.8 Å². The summed E-state index contributed by atoms with van der Waals surface area (Å²) in [4.78, 5) is 0. The molecule has 2 N–H and O–H groups in total. The smallest absolute Gasteiger partial charge is 0.0819 e. The van der Waals surface area contributed by atoms with Gasteiger partial charge in [-0.2, -0.15) is 0 Å². The molecule has 0 aromatic carbocycles. The first-order valence-electron chi connectivity index (χ1n) is 4.25. The van der Waals surface area contributed by atoms with E-state index in [1.807, 2.05) is 0 Å². The third-order valence-corrected chi connectivity index (χ3v) is 3.68. The molecule has 1 fully saturated rings. The topological polar surface area (TPSA) is 53.0 Å². The van der Waals surface area contributed by atoms with Crippen molar-refractivity contribution in [3.8, 4) is 0 Å². The highest BCUT2D eigenvalue weighted by Gasteiger charge is 2.28. The Morgan fingerprint density at radius 3 is 2.67 bits per heavy atom. The Morgan fingerprint density at radius 1 is 1.58 bits per heavy atom. The minimum atomic E-state index is -1.05.